The number of likely N-dealkylation sites (tertiary alicyclic amines) is 1. The quantitative estimate of drug-likeness (QED) is 0.610. The van der Waals surface area contributed by atoms with E-state index in [0.29, 0.717) is 6.54 Å². The van der Waals surface area contributed by atoms with Crippen LogP contribution in [-0.2, 0) is 18.9 Å². The lowest BCUT2D eigenvalue weighted by atomic mass is 9.99. The number of nitrogens with zero attached hydrogens (tertiary/aromatic N) is 1. The summed E-state index contributed by atoms with van der Waals surface area (Å²) in [6, 6.07) is -0.368. The summed E-state index contributed by atoms with van der Waals surface area (Å²) in [6.07, 6.45) is 1.37. The summed E-state index contributed by atoms with van der Waals surface area (Å²) in [7, 11) is 3.12. The number of fused-ring (bicyclic) bond motifs is 1. The van der Waals surface area contributed by atoms with Gasteiger partial charge in [0, 0.05) is 26.7 Å². The normalized spacial score (nSPS) is 29.3. The van der Waals surface area contributed by atoms with Gasteiger partial charge in [-0.1, -0.05) is 6.08 Å². The topological polar surface area (TPSA) is 57.2 Å². The van der Waals surface area contributed by atoms with E-state index < -0.39 is 17.5 Å². The van der Waals surface area contributed by atoms with E-state index in [1.807, 2.05) is 26.8 Å². The molecule has 0 aromatic rings. The lowest BCUT2D eigenvalue weighted by Gasteiger charge is -2.36. The predicted molar refractivity (Wildman–Crippen MR) is 92.6 cm³/mol. The number of carbonyl (C=O) groups excluding carboxylic acids is 1. The molecule has 0 radical (unpaired) electrons. The summed E-state index contributed by atoms with van der Waals surface area (Å²) in [4.78, 5) is 14.3. The molecular weight excluding hydrogens is 434 g/mol. The van der Waals surface area contributed by atoms with Crippen molar-refractivity contribution in [3.8, 4) is 0 Å². The highest BCUT2D eigenvalue weighted by Gasteiger charge is 2.61. The van der Waals surface area contributed by atoms with Gasteiger partial charge in [0.05, 0.1) is 9.50 Å². The summed E-state index contributed by atoms with van der Waals surface area (Å²) < 4.78 is 23.4. The number of carbonyl (C=O) groups is 1. The molecule has 0 spiro atoms. The predicted octanol–water partition coefficient (Wildman–Crippen LogP) is 3.24. The zero-order chi connectivity index (χ0) is 17.4. The van der Waals surface area contributed by atoms with E-state index >= 15 is 0 Å². The van der Waals surface area contributed by atoms with E-state index in [9.17, 15) is 4.79 Å². The lowest BCUT2D eigenvalue weighted by molar-refractivity contribution is -0.224. The molecule has 0 aromatic carbocycles. The summed E-state index contributed by atoms with van der Waals surface area (Å²) >= 11 is 6.75. The van der Waals surface area contributed by atoms with Crippen LogP contribution in [0.25, 0.3) is 0 Å². The maximum absolute atomic E-state index is 12.6. The fraction of sp³-hybridized carbons (Fsp3) is 0.800. The van der Waals surface area contributed by atoms with Gasteiger partial charge in [0.2, 0.25) is 5.79 Å². The maximum Gasteiger partial charge on any atom is 0.410 e. The number of hydrogen-bond acceptors (Lipinski definition) is 5. The molecule has 1 amide bonds. The first-order valence-electron chi connectivity index (χ1n) is 7.38. The second-order valence-electron chi connectivity index (χ2n) is 6.69. The van der Waals surface area contributed by atoms with Crippen LogP contribution in [0.4, 0.5) is 4.79 Å². The zero-order valence-electron chi connectivity index (χ0n) is 14.0. The van der Waals surface area contributed by atoms with Crippen LogP contribution >= 0.6 is 31.9 Å². The second-order valence-corrected chi connectivity index (χ2v) is 9.47. The Balaban J connectivity index is 2.32. The smallest absolute Gasteiger partial charge is 0.410 e. The van der Waals surface area contributed by atoms with Crippen molar-refractivity contribution in [1.29, 1.82) is 0 Å². The summed E-state index contributed by atoms with van der Waals surface area (Å²) in [5, 5.41) is 0. The van der Waals surface area contributed by atoms with Crippen molar-refractivity contribution >= 4 is 38.0 Å². The molecule has 2 aliphatic heterocycles. The van der Waals surface area contributed by atoms with Crippen LogP contribution in [0.1, 0.15) is 20.8 Å². The standard InChI is InChI=1S/C15H23Br2NO5/c1-14(2,3)23-13(19)18-7-9(6-10(16)17)11-12(18)15(20-4,21-5)8-22-11/h6,9,11-12H,7-8H2,1-5H3. The summed E-state index contributed by atoms with van der Waals surface area (Å²) in [5.74, 6) is -0.975. The average molecular weight is 457 g/mol. The molecule has 6 nitrogen and oxygen atoms in total. The van der Waals surface area contributed by atoms with E-state index in [-0.39, 0.29) is 24.7 Å². The Labute approximate surface area is 153 Å². The fourth-order valence-corrected chi connectivity index (χ4v) is 3.80. The van der Waals surface area contributed by atoms with Crippen molar-refractivity contribution in [3.63, 3.8) is 0 Å². The van der Waals surface area contributed by atoms with Crippen molar-refractivity contribution in [3.05, 3.63) is 9.47 Å². The Kier molecular flexibility index (Phi) is 5.83. The number of methoxy groups -OCH3 is 2. The average Bonchev–Trinajstić information content (AvgIpc) is 2.96. The molecule has 2 saturated heterocycles. The van der Waals surface area contributed by atoms with Crippen LogP contribution < -0.4 is 0 Å². The monoisotopic (exact) mass is 455 g/mol. The van der Waals surface area contributed by atoms with Gasteiger partial charge in [0.1, 0.15) is 18.2 Å². The molecule has 3 unspecified atom stereocenters. The van der Waals surface area contributed by atoms with Crippen molar-refractivity contribution in [2.45, 2.75) is 44.3 Å². The van der Waals surface area contributed by atoms with Gasteiger partial charge in [-0.15, -0.1) is 0 Å². The van der Waals surface area contributed by atoms with E-state index in [0.717, 1.165) is 3.39 Å². The Morgan fingerprint density at radius 1 is 1.30 bits per heavy atom. The molecule has 8 heteroatoms. The number of ether oxygens (including phenoxy) is 4. The molecule has 0 bridgehead atoms. The van der Waals surface area contributed by atoms with E-state index in [1.54, 1.807) is 19.1 Å². The highest BCUT2D eigenvalue weighted by atomic mass is 79.9. The van der Waals surface area contributed by atoms with Gasteiger partial charge >= 0.3 is 6.09 Å². The highest BCUT2D eigenvalue weighted by Crippen LogP contribution is 2.43. The molecule has 132 valence electrons. The molecule has 2 fully saturated rings. The third kappa shape index (κ3) is 3.92. The van der Waals surface area contributed by atoms with E-state index in [4.69, 9.17) is 18.9 Å². The van der Waals surface area contributed by atoms with E-state index in [2.05, 4.69) is 31.9 Å². The van der Waals surface area contributed by atoms with Crippen LogP contribution in [0.5, 0.6) is 0 Å². The Morgan fingerprint density at radius 2 is 1.91 bits per heavy atom. The molecule has 3 atom stereocenters. The highest BCUT2D eigenvalue weighted by molar-refractivity contribution is 9.28. The molecule has 0 aliphatic carbocycles. The van der Waals surface area contributed by atoms with Gasteiger partial charge < -0.3 is 18.9 Å². The molecule has 0 N–H and O–H groups in total. The molecule has 2 rings (SSSR count). The minimum Gasteiger partial charge on any atom is -0.444 e. The lowest BCUT2D eigenvalue weighted by Crippen LogP contribution is -2.55. The Bertz CT molecular complexity index is 483. The minimum atomic E-state index is -0.983. The molecule has 2 heterocycles. The first-order valence-corrected chi connectivity index (χ1v) is 8.96. The Hall–Kier alpha value is -0.150. The maximum atomic E-state index is 12.6. The minimum absolute atomic E-state index is 0.00782. The van der Waals surface area contributed by atoms with Gasteiger partial charge in [0.15, 0.2) is 0 Å². The van der Waals surface area contributed by atoms with Crippen molar-refractivity contribution in [1.82, 2.24) is 4.90 Å². The van der Waals surface area contributed by atoms with Crippen LogP contribution in [0.2, 0.25) is 0 Å². The molecule has 23 heavy (non-hydrogen) atoms. The van der Waals surface area contributed by atoms with Crippen molar-refractivity contribution in [2.75, 3.05) is 27.4 Å². The summed E-state index contributed by atoms with van der Waals surface area (Å²) in [5.41, 5.74) is -0.571. The summed E-state index contributed by atoms with van der Waals surface area (Å²) in [6.45, 7) is 6.26. The van der Waals surface area contributed by atoms with Gasteiger partial charge in [-0.3, -0.25) is 4.90 Å². The van der Waals surface area contributed by atoms with Gasteiger partial charge in [-0.25, -0.2) is 4.79 Å². The Morgan fingerprint density at radius 3 is 2.39 bits per heavy atom. The molecular formula is C15H23Br2NO5. The van der Waals surface area contributed by atoms with Crippen molar-refractivity contribution in [2.24, 2.45) is 5.92 Å². The second kappa shape index (κ2) is 7.00. The molecule has 2 aliphatic rings. The number of halogens is 2. The van der Waals surface area contributed by atoms with Gasteiger partial charge in [-0.05, 0) is 52.6 Å². The molecule has 0 aromatic heterocycles. The third-order valence-electron chi connectivity index (χ3n) is 4.06. The van der Waals surface area contributed by atoms with Crippen LogP contribution in [-0.4, -0.2) is 61.9 Å². The third-order valence-corrected chi connectivity index (χ3v) is 4.59. The van der Waals surface area contributed by atoms with Gasteiger partial charge in [0.25, 0.3) is 0 Å². The van der Waals surface area contributed by atoms with Gasteiger partial charge in [-0.2, -0.15) is 0 Å². The van der Waals surface area contributed by atoms with Crippen LogP contribution in [0, 0.1) is 5.92 Å². The van der Waals surface area contributed by atoms with Crippen LogP contribution in [0.15, 0.2) is 9.47 Å². The first kappa shape index (κ1) is 19.2. The van der Waals surface area contributed by atoms with Crippen LogP contribution in [0.3, 0.4) is 0 Å². The number of rotatable bonds is 3. The SMILES string of the molecule is COC1(OC)COC2C(C=C(Br)Br)CN(C(=O)OC(C)(C)C)C21. The molecule has 0 saturated carbocycles. The first-order chi connectivity index (χ1) is 10.6. The fourth-order valence-electron chi connectivity index (χ4n) is 3.12. The van der Waals surface area contributed by atoms with Crippen molar-refractivity contribution < 1.29 is 23.7 Å². The largest absolute Gasteiger partial charge is 0.444 e. The number of amides is 1. The van der Waals surface area contributed by atoms with E-state index in [1.165, 1.54) is 0 Å². The zero-order valence-corrected chi connectivity index (χ0v) is 17.1. The number of hydrogen-bond donors (Lipinski definition) is 0.